The highest BCUT2D eigenvalue weighted by Crippen LogP contribution is 2.30. The minimum absolute atomic E-state index is 0.0815. The van der Waals surface area contributed by atoms with Gasteiger partial charge in [0.2, 0.25) is 11.8 Å². The van der Waals surface area contributed by atoms with Gasteiger partial charge in [-0.1, -0.05) is 19.0 Å². The van der Waals surface area contributed by atoms with Crippen molar-refractivity contribution in [1.29, 1.82) is 0 Å². The number of ether oxygens (including phenoxy) is 2. The van der Waals surface area contributed by atoms with Crippen LogP contribution in [0.3, 0.4) is 0 Å². The second-order valence-corrected chi connectivity index (χ2v) is 9.33. The van der Waals surface area contributed by atoms with Crippen LogP contribution < -0.4 is 15.4 Å². The van der Waals surface area contributed by atoms with Gasteiger partial charge in [-0.2, -0.15) is 15.1 Å². The third kappa shape index (κ3) is 6.26. The number of hydrogen-bond donors (Lipinski definition) is 2. The van der Waals surface area contributed by atoms with Crippen molar-refractivity contribution in [3.63, 3.8) is 0 Å². The van der Waals surface area contributed by atoms with E-state index >= 15 is 0 Å². The van der Waals surface area contributed by atoms with E-state index in [4.69, 9.17) is 19.7 Å². The molecule has 0 unspecified atom stereocenters. The van der Waals surface area contributed by atoms with E-state index in [1.807, 2.05) is 11.0 Å². The molecule has 200 valence electrons. The van der Waals surface area contributed by atoms with Crippen molar-refractivity contribution in [2.24, 2.45) is 0 Å². The Morgan fingerprint density at radius 1 is 1.11 bits per heavy atom. The SMILES string of the molecule is CC(C)c1cc(N(Cc2cc(-c3ccc(F)cc3)no2)c2cc(OCCN3CCOCC3)nc(N)n2)n[nH]1. The van der Waals surface area contributed by atoms with Gasteiger partial charge in [0.25, 0.3) is 0 Å². The molecule has 4 heterocycles. The maximum Gasteiger partial charge on any atom is 0.225 e. The molecule has 0 saturated carbocycles. The number of nitrogen functional groups attached to an aromatic ring is 1. The molecule has 0 bridgehead atoms. The average molecular weight is 523 g/mol. The molecule has 1 aliphatic heterocycles. The quantitative estimate of drug-likeness (QED) is 0.317. The highest BCUT2D eigenvalue weighted by molar-refractivity contribution is 5.61. The summed E-state index contributed by atoms with van der Waals surface area (Å²) in [7, 11) is 0. The van der Waals surface area contributed by atoms with Gasteiger partial charge in [0, 0.05) is 49.1 Å². The number of benzene rings is 1. The molecule has 1 aliphatic rings. The summed E-state index contributed by atoms with van der Waals surface area (Å²) in [6, 6.07) is 11.6. The molecule has 38 heavy (non-hydrogen) atoms. The zero-order valence-corrected chi connectivity index (χ0v) is 21.4. The number of morpholine rings is 1. The molecule has 0 amide bonds. The van der Waals surface area contributed by atoms with Gasteiger partial charge in [0.1, 0.15) is 23.9 Å². The Hall–Kier alpha value is -4.03. The van der Waals surface area contributed by atoms with Crippen molar-refractivity contribution in [1.82, 2.24) is 30.2 Å². The molecule has 1 saturated heterocycles. The summed E-state index contributed by atoms with van der Waals surface area (Å²) in [6.45, 7) is 8.85. The number of hydrogen-bond acceptors (Lipinski definition) is 10. The van der Waals surface area contributed by atoms with E-state index < -0.39 is 0 Å². The van der Waals surface area contributed by atoms with Gasteiger partial charge in [0.05, 0.1) is 19.8 Å². The minimum atomic E-state index is -0.313. The summed E-state index contributed by atoms with van der Waals surface area (Å²) in [5.41, 5.74) is 8.39. The van der Waals surface area contributed by atoms with Gasteiger partial charge in [0.15, 0.2) is 11.6 Å². The number of halogens is 1. The van der Waals surface area contributed by atoms with Crippen molar-refractivity contribution in [3.8, 4) is 17.1 Å². The third-order valence-electron chi connectivity index (χ3n) is 6.24. The summed E-state index contributed by atoms with van der Waals surface area (Å²) in [6.07, 6.45) is 0. The van der Waals surface area contributed by atoms with Crippen molar-refractivity contribution in [2.75, 3.05) is 50.1 Å². The second kappa shape index (κ2) is 11.6. The molecule has 0 atom stereocenters. The van der Waals surface area contributed by atoms with E-state index in [2.05, 4.69) is 44.1 Å². The fraction of sp³-hybridized carbons (Fsp3) is 0.385. The first kappa shape index (κ1) is 25.6. The Morgan fingerprint density at radius 3 is 2.63 bits per heavy atom. The molecule has 1 aromatic carbocycles. The van der Waals surface area contributed by atoms with Crippen molar-refractivity contribution in [3.05, 3.63) is 59.7 Å². The highest BCUT2D eigenvalue weighted by Gasteiger charge is 2.21. The first-order valence-electron chi connectivity index (χ1n) is 12.6. The highest BCUT2D eigenvalue weighted by atomic mass is 19.1. The number of H-pyrrole nitrogens is 1. The number of nitrogens with two attached hydrogens (primary N) is 1. The van der Waals surface area contributed by atoms with Crippen LogP contribution in [-0.4, -0.2) is 69.7 Å². The lowest BCUT2D eigenvalue weighted by atomic mass is 10.1. The first-order chi connectivity index (χ1) is 18.4. The molecule has 3 N–H and O–H groups in total. The monoisotopic (exact) mass is 522 g/mol. The summed E-state index contributed by atoms with van der Waals surface area (Å²) < 4.78 is 30.3. The fourth-order valence-electron chi connectivity index (χ4n) is 4.09. The van der Waals surface area contributed by atoms with E-state index in [0.717, 1.165) is 44.1 Å². The smallest absolute Gasteiger partial charge is 0.225 e. The summed E-state index contributed by atoms with van der Waals surface area (Å²) in [5, 5.41) is 11.7. The minimum Gasteiger partial charge on any atom is -0.476 e. The maximum atomic E-state index is 13.4. The Bertz CT molecular complexity index is 1330. The normalized spacial score (nSPS) is 14.2. The van der Waals surface area contributed by atoms with Crippen molar-refractivity contribution < 1.29 is 18.4 Å². The summed E-state index contributed by atoms with van der Waals surface area (Å²) in [5.74, 6) is 2.08. The van der Waals surface area contributed by atoms with Crippen LogP contribution in [0.4, 0.5) is 22.0 Å². The van der Waals surface area contributed by atoms with E-state index in [-0.39, 0.29) is 24.2 Å². The zero-order valence-electron chi connectivity index (χ0n) is 21.4. The fourth-order valence-corrected chi connectivity index (χ4v) is 4.09. The Kier molecular flexibility index (Phi) is 7.80. The number of anilines is 3. The van der Waals surface area contributed by atoms with Gasteiger partial charge in [-0.05, 0) is 30.2 Å². The molecule has 0 spiro atoms. The van der Waals surface area contributed by atoms with Crippen LogP contribution in [0.2, 0.25) is 0 Å². The standard InChI is InChI=1S/C26H31FN8O3/c1-17(2)21-14-24(32-31-21)35(16-20-13-22(33-38-20)18-3-5-19(27)6-4-18)23-15-25(30-26(28)29-23)37-12-9-34-7-10-36-11-8-34/h3-6,13-15,17H,7-12,16H2,1-2H3,(H,31,32)(H2,28,29,30). The molecule has 0 aliphatic carbocycles. The maximum absolute atomic E-state index is 13.4. The average Bonchev–Trinajstić information content (AvgIpc) is 3.58. The lowest BCUT2D eigenvalue weighted by Gasteiger charge is -2.26. The topological polar surface area (TPSA) is 131 Å². The Labute approximate surface area is 219 Å². The number of nitrogens with one attached hydrogen (secondary N) is 1. The Balaban J connectivity index is 1.38. The van der Waals surface area contributed by atoms with Crippen LogP contribution in [0, 0.1) is 5.82 Å². The molecule has 5 rings (SSSR count). The van der Waals surface area contributed by atoms with Crippen molar-refractivity contribution >= 4 is 17.6 Å². The molecule has 1 fully saturated rings. The lowest BCUT2D eigenvalue weighted by molar-refractivity contribution is 0.0320. The molecule has 11 nitrogen and oxygen atoms in total. The Morgan fingerprint density at radius 2 is 1.89 bits per heavy atom. The molecule has 3 aromatic heterocycles. The van der Waals surface area contributed by atoms with Gasteiger partial charge < -0.3 is 24.6 Å². The van der Waals surface area contributed by atoms with Crippen LogP contribution in [0.15, 0.2) is 47.0 Å². The van der Waals surface area contributed by atoms with E-state index in [9.17, 15) is 4.39 Å². The van der Waals surface area contributed by atoms with Gasteiger partial charge >= 0.3 is 0 Å². The molecule has 0 radical (unpaired) electrons. The van der Waals surface area contributed by atoms with Crippen LogP contribution in [0.5, 0.6) is 5.88 Å². The summed E-state index contributed by atoms with van der Waals surface area (Å²) >= 11 is 0. The van der Waals surface area contributed by atoms with Crippen LogP contribution in [0.25, 0.3) is 11.3 Å². The summed E-state index contributed by atoms with van der Waals surface area (Å²) in [4.78, 5) is 12.9. The van der Waals surface area contributed by atoms with Crippen LogP contribution in [0.1, 0.15) is 31.2 Å². The van der Waals surface area contributed by atoms with E-state index in [1.165, 1.54) is 12.1 Å². The predicted octanol–water partition coefficient (Wildman–Crippen LogP) is 3.75. The van der Waals surface area contributed by atoms with Crippen LogP contribution in [-0.2, 0) is 11.3 Å². The molecular formula is C26H31FN8O3. The van der Waals surface area contributed by atoms with Gasteiger partial charge in [-0.15, -0.1) is 0 Å². The molecule has 12 heteroatoms. The second-order valence-electron chi connectivity index (χ2n) is 9.33. The predicted molar refractivity (Wildman–Crippen MR) is 140 cm³/mol. The van der Waals surface area contributed by atoms with Crippen LogP contribution >= 0.6 is 0 Å². The van der Waals surface area contributed by atoms with E-state index in [1.54, 1.807) is 24.3 Å². The molecular weight excluding hydrogens is 491 g/mol. The zero-order chi connectivity index (χ0) is 26.5. The van der Waals surface area contributed by atoms with Gasteiger partial charge in [-0.3, -0.25) is 10.00 Å². The van der Waals surface area contributed by atoms with E-state index in [0.29, 0.717) is 35.6 Å². The first-order valence-corrected chi connectivity index (χ1v) is 12.6. The largest absolute Gasteiger partial charge is 0.476 e. The third-order valence-corrected chi connectivity index (χ3v) is 6.24. The number of rotatable bonds is 10. The van der Waals surface area contributed by atoms with Gasteiger partial charge in [-0.25, -0.2) is 4.39 Å². The molecule has 4 aromatic rings. The lowest BCUT2D eigenvalue weighted by Crippen LogP contribution is -2.38. The van der Waals surface area contributed by atoms with Crippen molar-refractivity contribution in [2.45, 2.75) is 26.3 Å². The number of nitrogens with zero attached hydrogens (tertiary/aromatic N) is 6. The number of aromatic nitrogens is 5. The number of aromatic amines is 1.